The molecule has 2 aliphatic carbocycles. The van der Waals surface area contributed by atoms with Crippen LogP contribution in [-0.4, -0.2) is 18.5 Å². The molecule has 2 saturated carbocycles. The fourth-order valence-corrected chi connectivity index (χ4v) is 2.70. The van der Waals surface area contributed by atoms with Crippen molar-refractivity contribution in [1.29, 1.82) is 0 Å². The zero-order valence-corrected chi connectivity index (χ0v) is 11.6. The topological polar surface area (TPSA) is 55.1 Å². The molecule has 0 heterocycles. The molecule has 0 unspecified atom stereocenters. The van der Waals surface area contributed by atoms with E-state index >= 15 is 0 Å². The Morgan fingerprint density at radius 1 is 1.25 bits per heavy atom. The second-order valence-corrected chi connectivity index (χ2v) is 5.73. The zero-order chi connectivity index (χ0) is 13.9. The van der Waals surface area contributed by atoms with E-state index in [1.54, 1.807) is 0 Å². The summed E-state index contributed by atoms with van der Waals surface area (Å²) >= 11 is 0. The van der Waals surface area contributed by atoms with Crippen molar-refractivity contribution in [2.24, 2.45) is 17.6 Å². The first-order chi connectivity index (χ1) is 9.79. The summed E-state index contributed by atoms with van der Waals surface area (Å²) in [4.78, 5) is 12.5. The van der Waals surface area contributed by atoms with E-state index in [4.69, 9.17) is 5.73 Å². The summed E-state index contributed by atoms with van der Waals surface area (Å²) in [5.41, 5.74) is 6.84. The predicted molar refractivity (Wildman–Crippen MR) is 79.1 cm³/mol. The summed E-state index contributed by atoms with van der Waals surface area (Å²) < 4.78 is 0. The second kappa shape index (κ2) is 5.68. The van der Waals surface area contributed by atoms with Crippen LogP contribution >= 0.6 is 0 Å². The Kier molecular flexibility index (Phi) is 3.75. The van der Waals surface area contributed by atoms with Crippen molar-refractivity contribution in [1.82, 2.24) is 5.32 Å². The second-order valence-electron chi connectivity index (χ2n) is 5.73. The maximum Gasteiger partial charge on any atom is 0.252 e. The van der Waals surface area contributed by atoms with E-state index in [2.05, 4.69) is 17.2 Å². The van der Waals surface area contributed by atoms with Crippen LogP contribution in [0, 0.1) is 23.7 Å². The van der Waals surface area contributed by atoms with E-state index in [1.165, 1.54) is 25.7 Å². The van der Waals surface area contributed by atoms with Crippen molar-refractivity contribution in [2.45, 2.75) is 31.7 Å². The molecule has 104 valence electrons. The Morgan fingerprint density at radius 2 is 1.90 bits per heavy atom. The highest BCUT2D eigenvalue weighted by Crippen LogP contribution is 2.44. The fourth-order valence-electron chi connectivity index (χ4n) is 2.70. The number of benzene rings is 1. The highest BCUT2D eigenvalue weighted by molar-refractivity contribution is 5.97. The molecule has 2 fully saturated rings. The number of carbonyl (C=O) groups excluding carboxylic acids is 1. The van der Waals surface area contributed by atoms with Crippen LogP contribution < -0.4 is 11.1 Å². The highest BCUT2D eigenvalue weighted by Gasteiger charge is 2.42. The lowest BCUT2D eigenvalue weighted by Crippen LogP contribution is -2.38. The van der Waals surface area contributed by atoms with Gasteiger partial charge in [0.25, 0.3) is 5.91 Å². The smallest absolute Gasteiger partial charge is 0.252 e. The molecule has 0 atom stereocenters. The molecule has 0 bridgehead atoms. The number of amides is 1. The molecule has 0 aliphatic heterocycles. The molecule has 0 spiro atoms. The molecule has 20 heavy (non-hydrogen) atoms. The third-order valence-corrected chi connectivity index (χ3v) is 4.05. The molecule has 1 aromatic rings. The first kappa shape index (κ1) is 13.2. The highest BCUT2D eigenvalue weighted by atomic mass is 16.1. The standard InChI is InChI=1S/C17H20N2O/c18-11-3-5-12-4-1-2-6-15(12)17(20)19-16(13-7-8-13)14-9-10-14/h1-2,4,6,13-14,16H,7-11,18H2,(H,19,20). The summed E-state index contributed by atoms with van der Waals surface area (Å²) in [6, 6.07) is 7.87. The molecule has 0 aromatic heterocycles. The van der Waals surface area contributed by atoms with Gasteiger partial charge in [-0.1, -0.05) is 24.0 Å². The lowest BCUT2D eigenvalue weighted by Gasteiger charge is -2.18. The molecule has 1 amide bonds. The van der Waals surface area contributed by atoms with Crippen molar-refractivity contribution in [3.63, 3.8) is 0 Å². The van der Waals surface area contributed by atoms with Crippen LogP contribution in [0.3, 0.4) is 0 Å². The number of nitrogens with two attached hydrogens (primary N) is 1. The van der Waals surface area contributed by atoms with Crippen LogP contribution in [0.15, 0.2) is 24.3 Å². The number of hydrogen-bond acceptors (Lipinski definition) is 2. The lowest BCUT2D eigenvalue weighted by molar-refractivity contribution is 0.0926. The summed E-state index contributed by atoms with van der Waals surface area (Å²) in [5.74, 6) is 7.22. The first-order valence-corrected chi connectivity index (χ1v) is 7.38. The molecule has 2 aliphatic rings. The Labute approximate surface area is 119 Å². The van der Waals surface area contributed by atoms with Gasteiger partial charge in [0.2, 0.25) is 0 Å². The van der Waals surface area contributed by atoms with E-state index in [1.807, 2.05) is 24.3 Å². The molecule has 0 radical (unpaired) electrons. The average Bonchev–Trinajstić information content (AvgIpc) is 3.35. The van der Waals surface area contributed by atoms with Gasteiger partial charge in [-0.3, -0.25) is 4.79 Å². The summed E-state index contributed by atoms with van der Waals surface area (Å²) in [5, 5.41) is 3.24. The van der Waals surface area contributed by atoms with E-state index in [0.29, 0.717) is 30.0 Å². The summed E-state index contributed by atoms with van der Waals surface area (Å²) in [6.45, 7) is 0.308. The van der Waals surface area contributed by atoms with Crippen molar-refractivity contribution in [3.05, 3.63) is 35.4 Å². The van der Waals surface area contributed by atoms with Gasteiger partial charge in [0.05, 0.1) is 12.1 Å². The Balaban J connectivity index is 1.76. The molecule has 3 rings (SSSR count). The van der Waals surface area contributed by atoms with Gasteiger partial charge in [-0.2, -0.15) is 0 Å². The molecule has 3 N–H and O–H groups in total. The Hall–Kier alpha value is -1.79. The quantitative estimate of drug-likeness (QED) is 0.820. The van der Waals surface area contributed by atoms with Crippen molar-refractivity contribution in [3.8, 4) is 11.8 Å². The maximum atomic E-state index is 12.5. The lowest BCUT2D eigenvalue weighted by atomic mass is 10.0. The molecular weight excluding hydrogens is 248 g/mol. The van der Waals surface area contributed by atoms with E-state index in [9.17, 15) is 4.79 Å². The monoisotopic (exact) mass is 268 g/mol. The van der Waals surface area contributed by atoms with Crippen LogP contribution in [0.4, 0.5) is 0 Å². The van der Waals surface area contributed by atoms with Crippen LogP contribution in [0.1, 0.15) is 41.6 Å². The van der Waals surface area contributed by atoms with Gasteiger partial charge < -0.3 is 11.1 Å². The average molecular weight is 268 g/mol. The minimum absolute atomic E-state index is 0.00993. The van der Waals surface area contributed by atoms with Crippen LogP contribution in [0.5, 0.6) is 0 Å². The van der Waals surface area contributed by atoms with Gasteiger partial charge in [0.15, 0.2) is 0 Å². The maximum absolute atomic E-state index is 12.5. The third kappa shape index (κ3) is 3.02. The largest absolute Gasteiger partial charge is 0.349 e. The van der Waals surface area contributed by atoms with Gasteiger partial charge >= 0.3 is 0 Å². The van der Waals surface area contributed by atoms with E-state index in [-0.39, 0.29) is 5.91 Å². The number of nitrogens with one attached hydrogen (secondary N) is 1. The van der Waals surface area contributed by atoms with E-state index < -0.39 is 0 Å². The first-order valence-electron chi connectivity index (χ1n) is 7.38. The number of hydrogen-bond donors (Lipinski definition) is 2. The predicted octanol–water partition coefficient (Wildman–Crippen LogP) is 1.92. The fraction of sp³-hybridized carbons (Fsp3) is 0.471. The van der Waals surface area contributed by atoms with Crippen molar-refractivity contribution in [2.75, 3.05) is 6.54 Å². The minimum atomic E-state index is 0.00993. The Bertz CT molecular complexity index is 550. The molecule has 1 aromatic carbocycles. The summed E-state index contributed by atoms with van der Waals surface area (Å²) in [7, 11) is 0. The Morgan fingerprint density at radius 3 is 2.50 bits per heavy atom. The van der Waals surface area contributed by atoms with E-state index in [0.717, 1.165) is 5.56 Å². The minimum Gasteiger partial charge on any atom is -0.349 e. The van der Waals surface area contributed by atoms with Gasteiger partial charge in [-0.25, -0.2) is 0 Å². The normalized spacial score (nSPS) is 17.5. The van der Waals surface area contributed by atoms with Gasteiger partial charge in [-0.15, -0.1) is 0 Å². The molecule has 0 saturated heterocycles. The third-order valence-electron chi connectivity index (χ3n) is 4.05. The van der Waals surface area contributed by atoms with Crippen LogP contribution in [0.2, 0.25) is 0 Å². The summed E-state index contributed by atoms with van der Waals surface area (Å²) in [6.07, 6.45) is 5.04. The van der Waals surface area contributed by atoms with Crippen LogP contribution in [0.25, 0.3) is 0 Å². The molecule has 3 nitrogen and oxygen atoms in total. The van der Waals surface area contributed by atoms with Gasteiger partial charge in [-0.05, 0) is 49.7 Å². The van der Waals surface area contributed by atoms with Gasteiger partial charge in [0.1, 0.15) is 0 Å². The van der Waals surface area contributed by atoms with Gasteiger partial charge in [0, 0.05) is 11.6 Å². The van der Waals surface area contributed by atoms with Crippen molar-refractivity contribution < 1.29 is 4.79 Å². The van der Waals surface area contributed by atoms with Crippen molar-refractivity contribution >= 4 is 5.91 Å². The number of carbonyl (C=O) groups is 1. The SMILES string of the molecule is NCC#Cc1ccccc1C(=O)NC(C1CC1)C1CC1. The zero-order valence-electron chi connectivity index (χ0n) is 11.6. The number of rotatable bonds is 4. The molecule has 3 heteroatoms. The molecular formula is C17H20N2O. The van der Waals surface area contributed by atoms with Crippen LogP contribution in [-0.2, 0) is 0 Å².